The molecule has 0 aromatic carbocycles. The van der Waals surface area contributed by atoms with Gasteiger partial charge in [-0.1, -0.05) is 24.3 Å². The first kappa shape index (κ1) is 10.2. The Labute approximate surface area is 89.4 Å². The minimum absolute atomic E-state index is 0.282. The molecule has 0 radical (unpaired) electrons. The highest BCUT2D eigenvalue weighted by Gasteiger charge is 2.38. The summed E-state index contributed by atoms with van der Waals surface area (Å²) in [6.45, 7) is 1.74. The second-order valence-corrected chi connectivity index (χ2v) is 6.22. The Bertz CT molecular complexity index is 497. The predicted octanol–water partition coefficient (Wildman–Crippen LogP) is 2.06. The minimum atomic E-state index is -3.31. The van der Waals surface area contributed by atoms with Crippen LogP contribution >= 0.6 is 0 Å². The maximum atomic E-state index is 12.3. The summed E-state index contributed by atoms with van der Waals surface area (Å²) >= 11 is 0. The molecule has 1 aliphatic rings. The summed E-state index contributed by atoms with van der Waals surface area (Å²) in [4.78, 5) is 2.75. The Morgan fingerprint density at radius 3 is 2.73 bits per heavy atom. The van der Waals surface area contributed by atoms with Crippen LogP contribution < -0.4 is 0 Å². The van der Waals surface area contributed by atoms with Crippen molar-refractivity contribution in [2.75, 3.05) is 0 Å². The van der Waals surface area contributed by atoms with E-state index in [4.69, 9.17) is 0 Å². The van der Waals surface area contributed by atoms with Crippen LogP contribution in [0.25, 0.3) is 0 Å². The fourth-order valence-electron chi connectivity index (χ4n) is 1.64. The van der Waals surface area contributed by atoms with Crippen molar-refractivity contribution >= 4 is 9.84 Å². The monoisotopic (exact) mass is 223 g/mol. The zero-order valence-electron chi connectivity index (χ0n) is 8.47. The summed E-state index contributed by atoms with van der Waals surface area (Å²) in [5.74, 6) is 0. The van der Waals surface area contributed by atoms with E-state index >= 15 is 0 Å². The van der Waals surface area contributed by atoms with Gasteiger partial charge in [0.1, 0.15) is 5.03 Å². The lowest BCUT2D eigenvalue weighted by Crippen LogP contribution is -2.33. The van der Waals surface area contributed by atoms with Gasteiger partial charge >= 0.3 is 0 Å². The fourth-order valence-corrected chi connectivity index (χ4v) is 3.20. The van der Waals surface area contributed by atoms with Crippen molar-refractivity contribution in [3.63, 3.8) is 0 Å². The molecule has 0 saturated heterocycles. The van der Waals surface area contributed by atoms with Gasteiger partial charge in [-0.25, -0.2) is 8.42 Å². The molecule has 1 aliphatic carbocycles. The standard InChI is InChI=1S/C11H13NO2S/c1-11(7-3-2-4-8-11)15(13,14)10-6-5-9-12-10/h2-7,9,12H,8H2,1H3. The number of sulfone groups is 1. The zero-order chi connectivity index (χ0) is 10.9. The van der Waals surface area contributed by atoms with E-state index in [-0.39, 0.29) is 5.03 Å². The number of allylic oxidation sites excluding steroid dienone is 3. The quantitative estimate of drug-likeness (QED) is 0.834. The molecule has 0 amide bonds. The number of nitrogens with one attached hydrogen (secondary N) is 1. The van der Waals surface area contributed by atoms with Gasteiger partial charge in [0.2, 0.25) is 9.84 Å². The third-order valence-electron chi connectivity index (χ3n) is 2.69. The van der Waals surface area contributed by atoms with Crippen molar-refractivity contribution in [1.82, 2.24) is 4.98 Å². The number of aromatic amines is 1. The molecule has 1 N–H and O–H groups in total. The second-order valence-electron chi connectivity index (χ2n) is 3.84. The van der Waals surface area contributed by atoms with E-state index in [0.29, 0.717) is 6.42 Å². The van der Waals surface area contributed by atoms with Gasteiger partial charge in [-0.05, 0) is 25.5 Å². The molecule has 2 rings (SSSR count). The van der Waals surface area contributed by atoms with Gasteiger partial charge in [-0.3, -0.25) is 0 Å². The van der Waals surface area contributed by atoms with Crippen LogP contribution in [-0.2, 0) is 9.84 Å². The Morgan fingerprint density at radius 1 is 1.40 bits per heavy atom. The molecule has 0 aliphatic heterocycles. The topological polar surface area (TPSA) is 49.9 Å². The molecule has 3 nitrogen and oxygen atoms in total. The first-order chi connectivity index (χ1) is 7.06. The van der Waals surface area contributed by atoms with Crippen molar-refractivity contribution in [1.29, 1.82) is 0 Å². The minimum Gasteiger partial charge on any atom is -0.352 e. The average molecular weight is 223 g/mol. The van der Waals surface area contributed by atoms with Crippen LogP contribution in [0.4, 0.5) is 0 Å². The number of hydrogen-bond acceptors (Lipinski definition) is 2. The third kappa shape index (κ3) is 1.55. The van der Waals surface area contributed by atoms with Crippen LogP contribution in [0.15, 0.2) is 47.7 Å². The van der Waals surface area contributed by atoms with Gasteiger partial charge in [0.25, 0.3) is 0 Å². The van der Waals surface area contributed by atoms with Crippen molar-refractivity contribution < 1.29 is 8.42 Å². The van der Waals surface area contributed by atoms with Crippen LogP contribution in [0.1, 0.15) is 13.3 Å². The van der Waals surface area contributed by atoms with Gasteiger partial charge < -0.3 is 4.98 Å². The van der Waals surface area contributed by atoms with E-state index in [9.17, 15) is 8.42 Å². The lowest BCUT2D eigenvalue weighted by atomic mass is 10.0. The average Bonchev–Trinajstić information content (AvgIpc) is 2.72. The van der Waals surface area contributed by atoms with Crippen LogP contribution in [0.2, 0.25) is 0 Å². The molecular formula is C11H13NO2S. The van der Waals surface area contributed by atoms with Crippen LogP contribution in [0.5, 0.6) is 0 Å². The second kappa shape index (κ2) is 3.38. The molecule has 80 valence electrons. The Balaban J connectivity index is 2.47. The van der Waals surface area contributed by atoms with E-state index in [1.807, 2.05) is 12.2 Å². The van der Waals surface area contributed by atoms with Gasteiger partial charge in [-0.15, -0.1) is 0 Å². The van der Waals surface area contributed by atoms with Crippen LogP contribution in [0, 0.1) is 0 Å². The summed E-state index contributed by atoms with van der Waals surface area (Å²) in [6.07, 6.45) is 9.41. The summed E-state index contributed by atoms with van der Waals surface area (Å²) < 4.78 is 23.7. The molecule has 15 heavy (non-hydrogen) atoms. The molecule has 1 aromatic rings. The van der Waals surface area contributed by atoms with E-state index in [2.05, 4.69) is 4.98 Å². The normalized spacial score (nSPS) is 25.7. The maximum absolute atomic E-state index is 12.3. The predicted molar refractivity (Wildman–Crippen MR) is 59.3 cm³/mol. The van der Waals surface area contributed by atoms with Gasteiger partial charge in [0.05, 0.1) is 4.75 Å². The molecule has 0 fully saturated rings. The summed E-state index contributed by atoms with van der Waals surface area (Å²) in [6, 6.07) is 3.28. The van der Waals surface area contributed by atoms with E-state index in [1.54, 1.807) is 37.4 Å². The van der Waals surface area contributed by atoms with Crippen molar-refractivity contribution in [3.8, 4) is 0 Å². The number of H-pyrrole nitrogens is 1. The Hall–Kier alpha value is -1.29. The Morgan fingerprint density at radius 2 is 2.20 bits per heavy atom. The Kier molecular flexibility index (Phi) is 2.31. The number of aromatic nitrogens is 1. The SMILES string of the molecule is CC1(S(=O)(=O)c2ccc[nH]2)C=CC=CC1. The highest BCUT2D eigenvalue weighted by Crippen LogP contribution is 2.31. The first-order valence-electron chi connectivity index (χ1n) is 4.79. The van der Waals surface area contributed by atoms with Crippen molar-refractivity contribution in [2.45, 2.75) is 23.1 Å². The smallest absolute Gasteiger partial charge is 0.202 e. The lowest BCUT2D eigenvalue weighted by molar-refractivity contribution is 0.559. The van der Waals surface area contributed by atoms with E-state index < -0.39 is 14.6 Å². The molecule has 1 aromatic heterocycles. The highest BCUT2D eigenvalue weighted by atomic mass is 32.2. The van der Waals surface area contributed by atoms with Gasteiger partial charge in [0, 0.05) is 6.20 Å². The molecular weight excluding hydrogens is 210 g/mol. The fraction of sp³-hybridized carbons (Fsp3) is 0.273. The van der Waals surface area contributed by atoms with Crippen molar-refractivity contribution in [3.05, 3.63) is 42.6 Å². The van der Waals surface area contributed by atoms with Gasteiger partial charge in [0.15, 0.2) is 0 Å². The van der Waals surface area contributed by atoms with E-state index in [1.165, 1.54) is 0 Å². The lowest BCUT2D eigenvalue weighted by Gasteiger charge is -2.25. The maximum Gasteiger partial charge on any atom is 0.202 e. The molecule has 0 spiro atoms. The zero-order valence-corrected chi connectivity index (χ0v) is 9.29. The molecule has 1 heterocycles. The summed E-state index contributed by atoms with van der Waals surface area (Å²) in [5, 5.41) is 0.282. The van der Waals surface area contributed by atoms with Crippen LogP contribution in [-0.4, -0.2) is 18.1 Å². The van der Waals surface area contributed by atoms with Gasteiger partial charge in [-0.2, -0.15) is 0 Å². The third-order valence-corrected chi connectivity index (χ3v) is 5.06. The molecule has 4 heteroatoms. The number of hydrogen-bond donors (Lipinski definition) is 1. The molecule has 0 bridgehead atoms. The molecule has 1 unspecified atom stereocenters. The summed E-state index contributed by atoms with van der Waals surface area (Å²) in [7, 11) is -3.31. The van der Waals surface area contributed by atoms with E-state index in [0.717, 1.165) is 0 Å². The highest BCUT2D eigenvalue weighted by molar-refractivity contribution is 7.92. The first-order valence-corrected chi connectivity index (χ1v) is 6.27. The molecule has 0 saturated carbocycles. The van der Waals surface area contributed by atoms with Crippen molar-refractivity contribution in [2.24, 2.45) is 0 Å². The number of rotatable bonds is 2. The largest absolute Gasteiger partial charge is 0.352 e. The van der Waals surface area contributed by atoms with Crippen LogP contribution in [0.3, 0.4) is 0 Å². The summed E-state index contributed by atoms with van der Waals surface area (Å²) in [5.41, 5.74) is 0. The molecule has 1 atom stereocenters.